The topological polar surface area (TPSA) is 19.9 Å². The van der Waals surface area contributed by atoms with Gasteiger partial charge in [0.25, 0.3) is 0 Å². The van der Waals surface area contributed by atoms with Gasteiger partial charge in [0, 0.05) is 37.9 Å². The van der Waals surface area contributed by atoms with Crippen LogP contribution in [-0.4, -0.2) is 31.6 Å². The van der Waals surface area contributed by atoms with Crippen molar-refractivity contribution in [3.05, 3.63) is 35.4 Å². The molecule has 2 heterocycles. The SMILES string of the molecule is CN1CCC2(CC1)[NH2+]CCc1ccccc12. The molecule has 0 aliphatic carbocycles. The van der Waals surface area contributed by atoms with E-state index in [9.17, 15) is 0 Å². The molecule has 0 radical (unpaired) electrons. The summed E-state index contributed by atoms with van der Waals surface area (Å²) < 4.78 is 0. The van der Waals surface area contributed by atoms with Crippen LogP contribution in [0.25, 0.3) is 0 Å². The summed E-state index contributed by atoms with van der Waals surface area (Å²) in [4.78, 5) is 2.45. The van der Waals surface area contributed by atoms with E-state index in [1.54, 1.807) is 11.1 Å². The van der Waals surface area contributed by atoms with Gasteiger partial charge < -0.3 is 10.2 Å². The van der Waals surface area contributed by atoms with E-state index in [1.165, 1.54) is 38.9 Å². The number of hydrogen-bond donors (Lipinski definition) is 1. The number of nitrogens with zero attached hydrogens (tertiary/aromatic N) is 1. The van der Waals surface area contributed by atoms with Gasteiger partial charge in [-0.25, -0.2) is 0 Å². The average molecular weight is 217 g/mol. The number of nitrogens with two attached hydrogens (primary N) is 1. The predicted octanol–water partition coefficient (Wildman–Crippen LogP) is 0.727. The van der Waals surface area contributed by atoms with Gasteiger partial charge in [-0.15, -0.1) is 0 Å². The smallest absolute Gasteiger partial charge is 0.124 e. The minimum atomic E-state index is 0.404. The number of likely N-dealkylation sites (tertiary alicyclic amines) is 1. The highest BCUT2D eigenvalue weighted by molar-refractivity contribution is 5.34. The van der Waals surface area contributed by atoms with E-state index in [4.69, 9.17) is 0 Å². The second kappa shape index (κ2) is 3.86. The molecule has 3 rings (SSSR count). The summed E-state index contributed by atoms with van der Waals surface area (Å²) in [6.45, 7) is 3.75. The summed E-state index contributed by atoms with van der Waals surface area (Å²) >= 11 is 0. The van der Waals surface area contributed by atoms with Gasteiger partial charge >= 0.3 is 0 Å². The lowest BCUT2D eigenvalue weighted by atomic mass is 9.76. The minimum absolute atomic E-state index is 0.404. The maximum Gasteiger partial charge on any atom is 0.124 e. The normalized spacial score (nSPS) is 24.3. The van der Waals surface area contributed by atoms with E-state index in [0.717, 1.165) is 0 Å². The summed E-state index contributed by atoms with van der Waals surface area (Å²) in [5, 5.41) is 2.60. The molecule has 1 aromatic carbocycles. The Morgan fingerprint density at radius 3 is 2.75 bits per heavy atom. The Morgan fingerprint density at radius 2 is 1.94 bits per heavy atom. The predicted molar refractivity (Wildman–Crippen MR) is 65.3 cm³/mol. The van der Waals surface area contributed by atoms with E-state index in [0.29, 0.717) is 5.54 Å². The van der Waals surface area contributed by atoms with Crippen molar-refractivity contribution in [2.45, 2.75) is 24.8 Å². The fourth-order valence-electron chi connectivity index (χ4n) is 3.33. The molecule has 0 aromatic heterocycles. The number of piperidine rings is 1. The van der Waals surface area contributed by atoms with Gasteiger partial charge in [0.2, 0.25) is 0 Å². The number of quaternary nitrogens is 1. The number of rotatable bonds is 0. The first-order valence-corrected chi connectivity index (χ1v) is 6.41. The third-order valence-corrected chi connectivity index (χ3v) is 4.38. The molecule has 0 atom stereocenters. The Labute approximate surface area is 97.6 Å². The molecule has 2 N–H and O–H groups in total. The van der Waals surface area contributed by atoms with Crippen molar-refractivity contribution in [3.8, 4) is 0 Å². The first-order chi connectivity index (χ1) is 7.80. The van der Waals surface area contributed by atoms with Crippen molar-refractivity contribution >= 4 is 0 Å². The first kappa shape index (κ1) is 10.3. The monoisotopic (exact) mass is 217 g/mol. The molecule has 2 heteroatoms. The summed E-state index contributed by atoms with van der Waals surface area (Å²) in [5.41, 5.74) is 3.62. The maximum atomic E-state index is 2.60. The lowest BCUT2D eigenvalue weighted by Gasteiger charge is -2.42. The lowest BCUT2D eigenvalue weighted by Crippen LogP contribution is -2.97. The van der Waals surface area contributed by atoms with Crippen LogP contribution in [0.5, 0.6) is 0 Å². The van der Waals surface area contributed by atoms with Gasteiger partial charge in [-0.3, -0.25) is 0 Å². The van der Waals surface area contributed by atoms with Crippen LogP contribution < -0.4 is 5.32 Å². The van der Waals surface area contributed by atoms with Crippen LogP contribution in [0.1, 0.15) is 24.0 Å². The second-order valence-corrected chi connectivity index (χ2v) is 5.36. The standard InChI is InChI=1S/C14H20N2/c1-16-10-7-14(8-11-16)13-5-3-2-4-12(13)6-9-15-14/h2-5,15H,6-11H2,1H3/p+1. The zero-order valence-corrected chi connectivity index (χ0v) is 10.1. The van der Waals surface area contributed by atoms with Crippen molar-refractivity contribution in [2.24, 2.45) is 0 Å². The van der Waals surface area contributed by atoms with Crippen LogP contribution in [-0.2, 0) is 12.0 Å². The summed E-state index contributed by atoms with van der Waals surface area (Å²) in [5.74, 6) is 0. The summed E-state index contributed by atoms with van der Waals surface area (Å²) in [7, 11) is 2.24. The second-order valence-electron chi connectivity index (χ2n) is 5.36. The van der Waals surface area contributed by atoms with Crippen LogP contribution in [0.3, 0.4) is 0 Å². The van der Waals surface area contributed by atoms with Crippen LogP contribution in [0, 0.1) is 0 Å². The average Bonchev–Trinajstić information content (AvgIpc) is 2.34. The Bertz CT molecular complexity index is 378. The van der Waals surface area contributed by atoms with Gasteiger partial charge in [0.1, 0.15) is 5.54 Å². The molecule has 1 saturated heterocycles. The summed E-state index contributed by atoms with van der Waals surface area (Å²) in [6, 6.07) is 9.07. The molecule has 1 spiro atoms. The number of benzene rings is 1. The molecular weight excluding hydrogens is 196 g/mol. The van der Waals surface area contributed by atoms with E-state index in [2.05, 4.69) is 41.5 Å². The molecule has 2 aliphatic rings. The van der Waals surface area contributed by atoms with Gasteiger partial charge in [-0.2, -0.15) is 0 Å². The zero-order valence-electron chi connectivity index (χ0n) is 10.1. The highest BCUT2D eigenvalue weighted by Crippen LogP contribution is 2.32. The Kier molecular flexibility index (Phi) is 2.49. The van der Waals surface area contributed by atoms with E-state index in [-0.39, 0.29) is 0 Å². The van der Waals surface area contributed by atoms with Crippen LogP contribution >= 0.6 is 0 Å². The molecule has 86 valence electrons. The van der Waals surface area contributed by atoms with Crippen molar-refractivity contribution in [3.63, 3.8) is 0 Å². The third kappa shape index (κ3) is 1.57. The van der Waals surface area contributed by atoms with Gasteiger partial charge in [-0.05, 0) is 12.6 Å². The van der Waals surface area contributed by atoms with Crippen molar-refractivity contribution in [1.29, 1.82) is 0 Å². The molecule has 1 aromatic rings. The van der Waals surface area contributed by atoms with Gasteiger partial charge in [0.05, 0.1) is 6.54 Å². The maximum absolute atomic E-state index is 2.60. The molecule has 1 fully saturated rings. The van der Waals surface area contributed by atoms with Crippen LogP contribution in [0.4, 0.5) is 0 Å². The molecule has 0 bridgehead atoms. The zero-order chi connectivity index (χ0) is 11.0. The lowest BCUT2D eigenvalue weighted by molar-refractivity contribution is -0.743. The fraction of sp³-hybridized carbons (Fsp3) is 0.571. The quantitative estimate of drug-likeness (QED) is 0.679. The fourth-order valence-corrected chi connectivity index (χ4v) is 3.33. The van der Waals surface area contributed by atoms with E-state index < -0.39 is 0 Å². The van der Waals surface area contributed by atoms with Crippen LogP contribution in [0.2, 0.25) is 0 Å². The Balaban J connectivity index is 1.97. The number of fused-ring (bicyclic) bond motifs is 2. The molecular formula is C14H21N2+. The highest BCUT2D eigenvalue weighted by atomic mass is 15.1. The molecule has 2 aliphatic heterocycles. The molecule has 0 saturated carbocycles. The van der Waals surface area contributed by atoms with Crippen LogP contribution in [0.15, 0.2) is 24.3 Å². The molecule has 0 unspecified atom stereocenters. The number of hydrogen-bond acceptors (Lipinski definition) is 1. The van der Waals surface area contributed by atoms with E-state index >= 15 is 0 Å². The van der Waals surface area contributed by atoms with Crippen molar-refractivity contribution in [2.75, 3.05) is 26.7 Å². The Morgan fingerprint density at radius 1 is 1.19 bits per heavy atom. The van der Waals surface area contributed by atoms with Crippen molar-refractivity contribution < 1.29 is 5.32 Å². The van der Waals surface area contributed by atoms with Gasteiger partial charge in [-0.1, -0.05) is 24.3 Å². The molecule has 2 nitrogen and oxygen atoms in total. The minimum Gasteiger partial charge on any atom is -0.337 e. The molecule has 16 heavy (non-hydrogen) atoms. The first-order valence-electron chi connectivity index (χ1n) is 6.41. The summed E-state index contributed by atoms with van der Waals surface area (Å²) in [6.07, 6.45) is 3.86. The van der Waals surface area contributed by atoms with Crippen molar-refractivity contribution in [1.82, 2.24) is 4.90 Å². The third-order valence-electron chi connectivity index (χ3n) is 4.38. The molecule has 0 amide bonds. The van der Waals surface area contributed by atoms with E-state index in [1.807, 2.05) is 0 Å². The Hall–Kier alpha value is -0.860. The highest BCUT2D eigenvalue weighted by Gasteiger charge is 2.41. The largest absolute Gasteiger partial charge is 0.337 e. The van der Waals surface area contributed by atoms with Gasteiger partial charge in [0.15, 0.2) is 0 Å².